The Balaban J connectivity index is 2.96. The lowest BCUT2D eigenvalue weighted by Crippen LogP contribution is -2.25. The summed E-state index contributed by atoms with van der Waals surface area (Å²) in [5.74, 6) is -0.299. The molecule has 0 aliphatic carbocycles. The number of hydrogen-bond donors (Lipinski definition) is 0. The zero-order valence-electron chi connectivity index (χ0n) is 10.8. The Labute approximate surface area is 115 Å². The van der Waals surface area contributed by atoms with E-state index in [9.17, 15) is 19.7 Å². The number of hydrogen-bond acceptors (Lipinski definition) is 5. The summed E-state index contributed by atoms with van der Waals surface area (Å²) in [5.41, 5.74) is -0.0448. The Hall–Kier alpha value is -1.69. The Kier molecular flexibility index (Phi) is 5.69. The van der Waals surface area contributed by atoms with E-state index in [0.29, 0.717) is 4.90 Å². The van der Waals surface area contributed by atoms with Gasteiger partial charge in [-0.3, -0.25) is 19.7 Å². The van der Waals surface area contributed by atoms with Crippen molar-refractivity contribution in [2.45, 2.75) is 36.8 Å². The van der Waals surface area contributed by atoms with Gasteiger partial charge in [0.2, 0.25) is 0 Å². The van der Waals surface area contributed by atoms with Gasteiger partial charge in [-0.25, -0.2) is 0 Å². The summed E-state index contributed by atoms with van der Waals surface area (Å²) in [6, 6.07) is 5.97. The van der Waals surface area contributed by atoms with Crippen LogP contribution in [0, 0.1) is 10.1 Å². The molecule has 0 unspecified atom stereocenters. The molecule has 1 rings (SSSR count). The van der Waals surface area contributed by atoms with Crippen LogP contribution in [0.2, 0.25) is 0 Å². The average Bonchev–Trinajstić information content (AvgIpc) is 2.43. The molecule has 5 nitrogen and oxygen atoms in total. The minimum Gasteiger partial charge on any atom is -0.298 e. The average molecular weight is 281 g/mol. The van der Waals surface area contributed by atoms with Crippen molar-refractivity contribution in [3.63, 3.8) is 0 Å². The molecule has 0 atom stereocenters. The van der Waals surface area contributed by atoms with Gasteiger partial charge < -0.3 is 0 Å². The van der Waals surface area contributed by atoms with Crippen LogP contribution in [0.25, 0.3) is 0 Å². The largest absolute Gasteiger partial charge is 0.298 e. The number of Topliss-reactive ketones (excluding diaryl/α,β-unsaturated/α-hetero) is 2. The second-order valence-electron chi connectivity index (χ2n) is 3.89. The molecule has 0 aliphatic rings. The molecule has 0 radical (unpaired) electrons. The van der Waals surface area contributed by atoms with Gasteiger partial charge in [0.25, 0.3) is 5.69 Å². The zero-order chi connectivity index (χ0) is 14.4. The first-order valence-electron chi connectivity index (χ1n) is 5.96. The van der Waals surface area contributed by atoms with E-state index in [2.05, 4.69) is 0 Å². The van der Waals surface area contributed by atoms with E-state index in [0.717, 1.165) is 11.8 Å². The highest BCUT2D eigenvalue weighted by Crippen LogP contribution is 2.28. The highest BCUT2D eigenvalue weighted by molar-refractivity contribution is 8.01. The van der Waals surface area contributed by atoms with E-state index < -0.39 is 10.2 Å². The number of carbonyl (C=O) groups is 2. The molecule has 0 bridgehead atoms. The molecular formula is C13H15NO4S. The normalized spacial score (nSPS) is 10.5. The van der Waals surface area contributed by atoms with Crippen LogP contribution in [0.15, 0.2) is 29.2 Å². The van der Waals surface area contributed by atoms with Crippen LogP contribution < -0.4 is 0 Å². The van der Waals surface area contributed by atoms with Crippen LogP contribution in [-0.2, 0) is 9.59 Å². The summed E-state index contributed by atoms with van der Waals surface area (Å²) in [6.45, 7) is 3.40. The topological polar surface area (TPSA) is 77.3 Å². The van der Waals surface area contributed by atoms with Gasteiger partial charge in [0.1, 0.15) is 5.25 Å². The summed E-state index contributed by atoms with van der Waals surface area (Å²) >= 11 is 1.08. The van der Waals surface area contributed by atoms with E-state index in [1.165, 1.54) is 12.1 Å². The lowest BCUT2D eigenvalue weighted by molar-refractivity contribution is -0.385. The molecule has 19 heavy (non-hydrogen) atoms. The predicted octanol–water partition coefficient (Wildman–Crippen LogP) is 3.01. The standard InChI is InChI=1S/C13H15NO4S/c1-3-11(15)13(12(16)4-2)19-10-7-5-6-9(8-10)14(17)18/h5-8,13H,3-4H2,1-2H3. The van der Waals surface area contributed by atoms with Gasteiger partial charge in [-0.1, -0.05) is 19.9 Å². The Morgan fingerprint density at radius 2 is 1.84 bits per heavy atom. The van der Waals surface area contributed by atoms with E-state index >= 15 is 0 Å². The quantitative estimate of drug-likeness (QED) is 0.332. The van der Waals surface area contributed by atoms with Crippen molar-refractivity contribution < 1.29 is 14.5 Å². The smallest absolute Gasteiger partial charge is 0.270 e. The van der Waals surface area contributed by atoms with E-state index in [-0.39, 0.29) is 30.1 Å². The fourth-order valence-corrected chi connectivity index (χ4v) is 2.70. The highest BCUT2D eigenvalue weighted by Gasteiger charge is 2.25. The lowest BCUT2D eigenvalue weighted by atomic mass is 10.1. The summed E-state index contributed by atoms with van der Waals surface area (Å²) in [7, 11) is 0. The highest BCUT2D eigenvalue weighted by atomic mass is 32.2. The van der Waals surface area contributed by atoms with Crippen molar-refractivity contribution >= 4 is 29.0 Å². The molecule has 0 fully saturated rings. The number of non-ortho nitro benzene ring substituents is 1. The molecule has 1 aromatic carbocycles. The first kappa shape index (κ1) is 15.4. The van der Waals surface area contributed by atoms with Crippen LogP contribution in [-0.4, -0.2) is 21.7 Å². The van der Waals surface area contributed by atoms with Gasteiger partial charge in [-0.15, -0.1) is 11.8 Å². The number of carbonyl (C=O) groups excluding carboxylic acids is 2. The third kappa shape index (κ3) is 4.17. The van der Waals surface area contributed by atoms with Crippen molar-refractivity contribution in [3.8, 4) is 0 Å². The number of nitrogens with zero attached hydrogens (tertiary/aromatic N) is 1. The first-order chi connectivity index (χ1) is 8.99. The van der Waals surface area contributed by atoms with E-state index in [1.807, 2.05) is 0 Å². The summed E-state index contributed by atoms with van der Waals surface area (Å²) in [6.07, 6.45) is 0.552. The summed E-state index contributed by atoms with van der Waals surface area (Å²) in [4.78, 5) is 34.3. The third-order valence-corrected chi connectivity index (χ3v) is 3.85. The van der Waals surface area contributed by atoms with Gasteiger partial charge in [0, 0.05) is 29.9 Å². The molecular weight excluding hydrogens is 266 g/mol. The molecule has 1 aromatic rings. The summed E-state index contributed by atoms with van der Waals surface area (Å²) < 4.78 is 0. The second kappa shape index (κ2) is 7.04. The lowest BCUT2D eigenvalue weighted by Gasteiger charge is -2.12. The molecule has 0 heterocycles. The van der Waals surface area contributed by atoms with Crippen LogP contribution in [0.1, 0.15) is 26.7 Å². The molecule has 6 heteroatoms. The predicted molar refractivity (Wildman–Crippen MR) is 73.3 cm³/mol. The van der Waals surface area contributed by atoms with Gasteiger partial charge in [-0.2, -0.15) is 0 Å². The minimum absolute atomic E-state index is 0.0448. The van der Waals surface area contributed by atoms with Crippen LogP contribution >= 0.6 is 11.8 Å². The van der Waals surface area contributed by atoms with Crippen molar-refractivity contribution in [2.24, 2.45) is 0 Å². The molecule has 0 N–H and O–H groups in total. The number of nitro groups is 1. The van der Waals surface area contributed by atoms with Crippen molar-refractivity contribution in [1.29, 1.82) is 0 Å². The minimum atomic E-state index is -0.767. The van der Waals surface area contributed by atoms with Crippen LogP contribution in [0.3, 0.4) is 0 Å². The molecule has 0 amide bonds. The molecule has 0 aliphatic heterocycles. The maximum Gasteiger partial charge on any atom is 0.270 e. The van der Waals surface area contributed by atoms with Gasteiger partial charge in [0.15, 0.2) is 11.6 Å². The fourth-order valence-electron chi connectivity index (χ4n) is 1.49. The van der Waals surface area contributed by atoms with E-state index in [1.54, 1.807) is 26.0 Å². The number of nitro benzene ring substituents is 1. The van der Waals surface area contributed by atoms with Crippen LogP contribution in [0.5, 0.6) is 0 Å². The Bertz CT molecular complexity index is 485. The molecule has 0 saturated heterocycles. The SMILES string of the molecule is CCC(=O)C(Sc1cccc([N+](=O)[O-])c1)C(=O)CC. The fraction of sp³-hybridized carbons (Fsp3) is 0.385. The molecule has 0 spiro atoms. The Morgan fingerprint density at radius 1 is 1.26 bits per heavy atom. The molecule has 0 saturated carbocycles. The van der Waals surface area contributed by atoms with Crippen molar-refractivity contribution in [1.82, 2.24) is 0 Å². The van der Waals surface area contributed by atoms with Gasteiger partial charge >= 0.3 is 0 Å². The number of benzene rings is 1. The number of rotatable bonds is 7. The summed E-state index contributed by atoms with van der Waals surface area (Å²) in [5, 5.41) is 9.91. The van der Waals surface area contributed by atoms with Crippen LogP contribution in [0.4, 0.5) is 5.69 Å². The monoisotopic (exact) mass is 281 g/mol. The maximum absolute atomic E-state index is 11.8. The zero-order valence-corrected chi connectivity index (χ0v) is 11.6. The van der Waals surface area contributed by atoms with E-state index in [4.69, 9.17) is 0 Å². The van der Waals surface area contributed by atoms with Gasteiger partial charge in [-0.05, 0) is 6.07 Å². The molecule has 102 valence electrons. The number of ketones is 2. The third-order valence-electron chi connectivity index (χ3n) is 2.56. The number of thioether (sulfide) groups is 1. The Morgan fingerprint density at radius 3 is 2.32 bits per heavy atom. The van der Waals surface area contributed by atoms with Crippen molar-refractivity contribution in [2.75, 3.05) is 0 Å². The van der Waals surface area contributed by atoms with Gasteiger partial charge in [0.05, 0.1) is 4.92 Å². The molecule has 0 aromatic heterocycles. The first-order valence-corrected chi connectivity index (χ1v) is 6.84. The maximum atomic E-state index is 11.8. The second-order valence-corrected chi connectivity index (χ2v) is 5.07. The van der Waals surface area contributed by atoms with Crippen molar-refractivity contribution in [3.05, 3.63) is 34.4 Å².